The van der Waals surface area contributed by atoms with E-state index in [-0.39, 0.29) is 17.3 Å². The topological polar surface area (TPSA) is 158 Å². The summed E-state index contributed by atoms with van der Waals surface area (Å²) in [6.45, 7) is 1.73. The van der Waals surface area contributed by atoms with Gasteiger partial charge in [0.2, 0.25) is 0 Å². The van der Waals surface area contributed by atoms with Crippen LogP contribution in [0.1, 0.15) is 50.3 Å². The molecule has 0 atom stereocenters. The van der Waals surface area contributed by atoms with E-state index < -0.39 is 22.7 Å². The molecule has 0 bridgehead atoms. The van der Waals surface area contributed by atoms with Gasteiger partial charge in [0.25, 0.3) is 5.69 Å². The Morgan fingerprint density at radius 1 is 1.10 bits per heavy atom. The standard InChI is InChI=1S/C28H28N4O8S/c1-16-12-19(9-10-21(16)32(36)37)40-15-18-13-17(8-11-22(18)38-2)14-29-31-26(34)25(33)30-27-24(28(35)39-3)20-6-4-5-7-23(20)41-27/h8-14H,4-7,15H2,1-3H3,(H,30,33)(H,31,34)/b29-14+. The van der Waals surface area contributed by atoms with Crippen LogP contribution in [0.15, 0.2) is 41.5 Å². The van der Waals surface area contributed by atoms with Crippen molar-refractivity contribution in [2.75, 3.05) is 19.5 Å². The van der Waals surface area contributed by atoms with Crippen molar-refractivity contribution in [2.45, 2.75) is 39.2 Å². The number of anilines is 1. The first kappa shape index (κ1) is 29.2. The Bertz CT molecular complexity index is 1530. The molecule has 0 saturated carbocycles. The van der Waals surface area contributed by atoms with Crippen LogP contribution in [0.4, 0.5) is 10.7 Å². The Morgan fingerprint density at radius 2 is 1.88 bits per heavy atom. The van der Waals surface area contributed by atoms with Crippen LogP contribution in [0.2, 0.25) is 0 Å². The van der Waals surface area contributed by atoms with E-state index in [9.17, 15) is 24.5 Å². The van der Waals surface area contributed by atoms with Crippen LogP contribution in [0.5, 0.6) is 11.5 Å². The Labute approximate surface area is 239 Å². The fourth-order valence-electron chi connectivity index (χ4n) is 4.42. The van der Waals surface area contributed by atoms with E-state index in [0.29, 0.717) is 40.2 Å². The second-order valence-electron chi connectivity index (χ2n) is 9.13. The maximum atomic E-state index is 12.6. The van der Waals surface area contributed by atoms with Crippen molar-refractivity contribution in [3.8, 4) is 11.5 Å². The highest BCUT2D eigenvalue weighted by molar-refractivity contribution is 7.17. The number of methoxy groups -OCH3 is 2. The molecule has 12 nitrogen and oxygen atoms in total. The molecule has 2 aromatic carbocycles. The predicted molar refractivity (Wildman–Crippen MR) is 152 cm³/mol. The summed E-state index contributed by atoms with van der Waals surface area (Å²) in [7, 11) is 2.78. The number of amides is 2. The molecule has 214 valence electrons. The van der Waals surface area contributed by atoms with Gasteiger partial charge in [-0.15, -0.1) is 11.3 Å². The average molecular weight is 581 g/mol. The van der Waals surface area contributed by atoms with Crippen molar-refractivity contribution in [3.63, 3.8) is 0 Å². The quantitative estimate of drug-likeness (QED) is 0.125. The molecule has 0 radical (unpaired) electrons. The van der Waals surface area contributed by atoms with Gasteiger partial charge in [0.15, 0.2) is 0 Å². The summed E-state index contributed by atoms with van der Waals surface area (Å²) < 4.78 is 16.1. The van der Waals surface area contributed by atoms with Gasteiger partial charge in [-0.2, -0.15) is 5.10 Å². The van der Waals surface area contributed by atoms with Crippen LogP contribution >= 0.6 is 11.3 Å². The molecule has 0 spiro atoms. The Morgan fingerprint density at radius 3 is 2.59 bits per heavy atom. The number of carbonyl (C=O) groups is 3. The summed E-state index contributed by atoms with van der Waals surface area (Å²) in [5.74, 6) is -1.53. The minimum atomic E-state index is -1.01. The number of benzene rings is 2. The van der Waals surface area contributed by atoms with Gasteiger partial charge in [-0.1, -0.05) is 0 Å². The summed E-state index contributed by atoms with van der Waals surface area (Å²) >= 11 is 1.28. The van der Waals surface area contributed by atoms with Gasteiger partial charge in [0.1, 0.15) is 23.1 Å². The van der Waals surface area contributed by atoms with Crippen molar-refractivity contribution in [2.24, 2.45) is 5.10 Å². The normalized spacial score (nSPS) is 12.4. The average Bonchev–Trinajstić information content (AvgIpc) is 3.33. The van der Waals surface area contributed by atoms with Crippen LogP contribution in [-0.2, 0) is 33.8 Å². The zero-order chi connectivity index (χ0) is 29.5. The number of thiophene rings is 1. The predicted octanol–water partition coefficient (Wildman–Crippen LogP) is 4.31. The summed E-state index contributed by atoms with van der Waals surface area (Å²) in [5.41, 5.74) is 5.08. The van der Waals surface area contributed by atoms with Gasteiger partial charge < -0.3 is 19.5 Å². The highest BCUT2D eigenvalue weighted by atomic mass is 32.1. The van der Waals surface area contributed by atoms with E-state index in [0.717, 1.165) is 29.7 Å². The largest absolute Gasteiger partial charge is 0.496 e. The van der Waals surface area contributed by atoms with Crippen LogP contribution in [0, 0.1) is 17.0 Å². The molecule has 0 saturated heterocycles. The highest BCUT2D eigenvalue weighted by Gasteiger charge is 2.28. The first-order valence-corrected chi connectivity index (χ1v) is 13.5. The van der Waals surface area contributed by atoms with Gasteiger partial charge in [-0.3, -0.25) is 19.7 Å². The number of carbonyl (C=O) groups excluding carboxylic acids is 3. The number of hydrazone groups is 1. The molecule has 2 N–H and O–H groups in total. The third-order valence-corrected chi connectivity index (χ3v) is 7.64. The molecule has 4 rings (SSSR count). The lowest BCUT2D eigenvalue weighted by molar-refractivity contribution is -0.385. The van der Waals surface area contributed by atoms with Gasteiger partial charge in [0.05, 0.1) is 30.9 Å². The smallest absolute Gasteiger partial charge is 0.341 e. The summed E-state index contributed by atoms with van der Waals surface area (Å²) in [4.78, 5) is 48.9. The molecule has 3 aromatic rings. The first-order chi connectivity index (χ1) is 19.7. The lowest BCUT2D eigenvalue weighted by atomic mass is 9.95. The number of esters is 1. The highest BCUT2D eigenvalue weighted by Crippen LogP contribution is 2.38. The number of nitrogens with zero attached hydrogens (tertiary/aromatic N) is 2. The number of nitrogens with one attached hydrogen (secondary N) is 2. The van der Waals surface area contributed by atoms with Crippen LogP contribution in [-0.4, -0.2) is 43.1 Å². The fourth-order valence-corrected chi connectivity index (χ4v) is 5.70. The van der Waals surface area contributed by atoms with Crippen molar-refractivity contribution < 1.29 is 33.5 Å². The summed E-state index contributed by atoms with van der Waals surface area (Å²) in [6.07, 6.45) is 4.80. The summed E-state index contributed by atoms with van der Waals surface area (Å²) in [6, 6.07) is 9.60. The van der Waals surface area contributed by atoms with Crippen molar-refractivity contribution in [1.82, 2.24) is 5.43 Å². The molecule has 0 fully saturated rings. The number of rotatable bonds is 9. The third kappa shape index (κ3) is 6.87. The molecule has 41 heavy (non-hydrogen) atoms. The first-order valence-electron chi connectivity index (χ1n) is 12.6. The molecule has 1 heterocycles. The zero-order valence-corrected chi connectivity index (χ0v) is 23.5. The second-order valence-corrected chi connectivity index (χ2v) is 10.2. The molecule has 1 aliphatic rings. The molecule has 2 amide bonds. The third-order valence-electron chi connectivity index (χ3n) is 6.44. The minimum Gasteiger partial charge on any atom is -0.496 e. The molecular formula is C28H28N4O8S. The number of fused-ring (bicyclic) bond motifs is 1. The molecule has 0 unspecified atom stereocenters. The number of aryl methyl sites for hydroxylation is 2. The maximum Gasteiger partial charge on any atom is 0.341 e. The van der Waals surface area contributed by atoms with Gasteiger partial charge in [-0.05, 0) is 74.1 Å². The van der Waals surface area contributed by atoms with Crippen molar-refractivity contribution in [3.05, 3.63) is 79.2 Å². The second kappa shape index (κ2) is 13.0. The lowest BCUT2D eigenvalue weighted by Crippen LogP contribution is -2.32. The molecule has 13 heteroatoms. The van der Waals surface area contributed by atoms with Crippen LogP contribution in [0.25, 0.3) is 0 Å². The number of hydrogen-bond donors (Lipinski definition) is 2. The van der Waals surface area contributed by atoms with Crippen LogP contribution < -0.4 is 20.2 Å². The number of nitro groups is 1. The van der Waals surface area contributed by atoms with Crippen LogP contribution in [0.3, 0.4) is 0 Å². The van der Waals surface area contributed by atoms with Gasteiger partial charge in [-0.25, -0.2) is 10.2 Å². The SMILES string of the molecule is COC(=O)c1c(NC(=O)C(=O)N/N=C/c2ccc(OC)c(COc3ccc([N+](=O)[O-])c(C)c3)c2)sc2c1CCCC2. The van der Waals surface area contributed by atoms with E-state index in [2.05, 4.69) is 15.8 Å². The lowest BCUT2D eigenvalue weighted by Gasteiger charge is -2.12. The van der Waals surface area contributed by atoms with Crippen molar-refractivity contribution in [1.29, 1.82) is 0 Å². The molecule has 1 aromatic heterocycles. The van der Waals surface area contributed by atoms with E-state index in [1.54, 1.807) is 31.2 Å². The Kier molecular flexibility index (Phi) is 9.30. The molecule has 0 aliphatic heterocycles. The Hall–Kier alpha value is -4.78. The number of nitro benzene ring substituents is 1. The molecule has 1 aliphatic carbocycles. The van der Waals surface area contributed by atoms with Crippen molar-refractivity contribution >= 4 is 46.0 Å². The number of ether oxygens (including phenoxy) is 3. The fraction of sp³-hybridized carbons (Fsp3) is 0.286. The van der Waals surface area contributed by atoms with E-state index in [4.69, 9.17) is 14.2 Å². The minimum absolute atomic E-state index is 0.00211. The Balaban J connectivity index is 1.39. The van der Waals surface area contributed by atoms with Gasteiger partial charge in [0, 0.05) is 22.1 Å². The van der Waals surface area contributed by atoms with E-state index in [1.165, 1.54) is 43.9 Å². The van der Waals surface area contributed by atoms with E-state index >= 15 is 0 Å². The van der Waals surface area contributed by atoms with Gasteiger partial charge >= 0.3 is 17.8 Å². The number of hydrogen-bond acceptors (Lipinski definition) is 10. The monoisotopic (exact) mass is 580 g/mol. The zero-order valence-electron chi connectivity index (χ0n) is 22.6. The van der Waals surface area contributed by atoms with E-state index in [1.807, 2.05) is 0 Å². The summed E-state index contributed by atoms with van der Waals surface area (Å²) in [5, 5.41) is 17.7. The molecular weight excluding hydrogens is 552 g/mol. The maximum absolute atomic E-state index is 12.6.